The Morgan fingerprint density at radius 2 is 2.12 bits per heavy atom. The van der Waals surface area contributed by atoms with E-state index in [4.69, 9.17) is 11.6 Å². The molecule has 0 spiro atoms. The number of rotatable bonds is 2. The van der Waals surface area contributed by atoms with Gasteiger partial charge in [-0.25, -0.2) is 17.4 Å². The molecule has 2 rings (SSSR count). The van der Waals surface area contributed by atoms with Gasteiger partial charge in [0.15, 0.2) is 0 Å². The molecule has 84 valence electrons. The van der Waals surface area contributed by atoms with Crippen molar-refractivity contribution in [2.75, 3.05) is 0 Å². The summed E-state index contributed by atoms with van der Waals surface area (Å²) in [6.45, 7) is 1.73. The van der Waals surface area contributed by atoms with Crippen molar-refractivity contribution in [2.45, 2.75) is 11.8 Å². The van der Waals surface area contributed by atoms with Crippen molar-refractivity contribution < 1.29 is 8.42 Å². The summed E-state index contributed by atoms with van der Waals surface area (Å²) >= 11 is 5.75. The fourth-order valence-electron chi connectivity index (χ4n) is 1.28. The maximum atomic E-state index is 12.1. The van der Waals surface area contributed by atoms with Crippen LogP contribution in [0.2, 0.25) is 5.02 Å². The molecule has 4 nitrogen and oxygen atoms in total. The van der Waals surface area contributed by atoms with Crippen LogP contribution in [0.5, 0.6) is 0 Å². The van der Waals surface area contributed by atoms with Crippen LogP contribution < -0.4 is 0 Å². The van der Waals surface area contributed by atoms with Crippen LogP contribution in [0.3, 0.4) is 0 Å². The number of aromatic nitrogens is 2. The molecule has 1 aromatic carbocycles. The molecule has 0 atom stereocenters. The van der Waals surface area contributed by atoms with Gasteiger partial charge in [-0.05, 0) is 25.1 Å². The van der Waals surface area contributed by atoms with Crippen molar-refractivity contribution in [1.29, 1.82) is 0 Å². The van der Waals surface area contributed by atoms with E-state index in [1.807, 2.05) is 0 Å². The average molecular weight is 257 g/mol. The van der Waals surface area contributed by atoms with Crippen molar-refractivity contribution in [3.8, 4) is 0 Å². The zero-order valence-electron chi connectivity index (χ0n) is 8.46. The van der Waals surface area contributed by atoms with Gasteiger partial charge in [0.25, 0.3) is 10.0 Å². The zero-order chi connectivity index (χ0) is 11.8. The van der Waals surface area contributed by atoms with Crippen LogP contribution in [0.4, 0.5) is 0 Å². The molecule has 0 amide bonds. The minimum Gasteiger partial charge on any atom is -0.241 e. The molecule has 2 aromatic rings. The van der Waals surface area contributed by atoms with Crippen LogP contribution in [0.1, 0.15) is 5.69 Å². The highest BCUT2D eigenvalue weighted by atomic mass is 35.5. The van der Waals surface area contributed by atoms with Crippen LogP contribution in [0.15, 0.2) is 41.7 Å². The monoisotopic (exact) mass is 256 g/mol. The first-order valence-electron chi connectivity index (χ1n) is 4.52. The fourth-order valence-corrected chi connectivity index (χ4v) is 2.77. The largest absolute Gasteiger partial charge is 0.268 e. The number of benzene rings is 1. The van der Waals surface area contributed by atoms with Crippen LogP contribution in [0, 0.1) is 6.92 Å². The van der Waals surface area contributed by atoms with Crippen molar-refractivity contribution in [1.82, 2.24) is 8.96 Å². The highest BCUT2D eigenvalue weighted by molar-refractivity contribution is 7.90. The molecule has 0 N–H and O–H groups in total. The molecule has 0 unspecified atom stereocenters. The molecule has 0 bridgehead atoms. The van der Waals surface area contributed by atoms with E-state index in [0.29, 0.717) is 10.7 Å². The van der Waals surface area contributed by atoms with Gasteiger partial charge in [-0.3, -0.25) is 0 Å². The standard InChI is InChI=1S/C10H9ClN2O2S/c1-8-6-13(7-12-8)16(14,15)10-4-2-3-9(11)5-10/h2-7H,1H3. The summed E-state index contributed by atoms with van der Waals surface area (Å²) < 4.78 is 25.2. The first-order valence-corrected chi connectivity index (χ1v) is 6.34. The molecule has 0 aliphatic rings. The zero-order valence-corrected chi connectivity index (χ0v) is 10.0. The molecular formula is C10H9ClN2O2S. The van der Waals surface area contributed by atoms with Gasteiger partial charge < -0.3 is 0 Å². The molecular weight excluding hydrogens is 248 g/mol. The smallest absolute Gasteiger partial charge is 0.241 e. The molecule has 6 heteroatoms. The van der Waals surface area contributed by atoms with Gasteiger partial charge in [0.1, 0.15) is 6.33 Å². The molecule has 0 aliphatic carbocycles. The maximum absolute atomic E-state index is 12.1. The normalized spacial score (nSPS) is 11.6. The second-order valence-electron chi connectivity index (χ2n) is 3.31. The second-order valence-corrected chi connectivity index (χ2v) is 5.59. The Labute approximate surface area is 98.6 Å². The summed E-state index contributed by atoms with van der Waals surface area (Å²) in [7, 11) is -3.57. The quantitative estimate of drug-likeness (QED) is 0.827. The van der Waals surface area contributed by atoms with Gasteiger partial charge in [-0.2, -0.15) is 0 Å². The highest BCUT2D eigenvalue weighted by Gasteiger charge is 2.16. The Hall–Kier alpha value is -1.33. The van der Waals surface area contributed by atoms with Crippen LogP contribution >= 0.6 is 11.6 Å². The summed E-state index contributed by atoms with van der Waals surface area (Å²) in [5.41, 5.74) is 0.644. The lowest BCUT2D eigenvalue weighted by molar-refractivity contribution is 0.587. The number of halogens is 1. The molecule has 16 heavy (non-hydrogen) atoms. The van der Waals surface area contributed by atoms with Gasteiger partial charge in [0.2, 0.25) is 0 Å². The Bertz CT molecular complexity index is 619. The molecule has 0 aliphatic heterocycles. The lowest BCUT2D eigenvalue weighted by Gasteiger charge is -2.04. The van der Waals surface area contributed by atoms with E-state index >= 15 is 0 Å². The van der Waals surface area contributed by atoms with E-state index in [1.54, 1.807) is 19.1 Å². The Kier molecular flexibility index (Phi) is 2.73. The third-order valence-corrected chi connectivity index (χ3v) is 3.90. The van der Waals surface area contributed by atoms with E-state index in [-0.39, 0.29) is 4.90 Å². The fraction of sp³-hybridized carbons (Fsp3) is 0.100. The lowest BCUT2D eigenvalue weighted by atomic mass is 10.4. The van der Waals surface area contributed by atoms with Crippen molar-refractivity contribution in [3.05, 3.63) is 47.5 Å². The SMILES string of the molecule is Cc1cn(S(=O)(=O)c2cccc(Cl)c2)cn1. The summed E-state index contributed by atoms with van der Waals surface area (Å²) in [5, 5.41) is 0.387. The van der Waals surface area contributed by atoms with Crippen LogP contribution in [-0.4, -0.2) is 17.4 Å². The van der Waals surface area contributed by atoms with Crippen LogP contribution in [-0.2, 0) is 10.0 Å². The minimum absolute atomic E-state index is 0.150. The summed E-state index contributed by atoms with van der Waals surface area (Å²) in [4.78, 5) is 4.03. The Balaban J connectivity index is 2.55. The van der Waals surface area contributed by atoms with E-state index in [1.165, 1.54) is 24.7 Å². The molecule has 0 radical (unpaired) electrons. The van der Waals surface area contributed by atoms with E-state index in [9.17, 15) is 8.42 Å². The Morgan fingerprint density at radius 1 is 1.38 bits per heavy atom. The number of hydrogen-bond donors (Lipinski definition) is 0. The van der Waals surface area contributed by atoms with Crippen molar-refractivity contribution >= 4 is 21.6 Å². The van der Waals surface area contributed by atoms with Gasteiger partial charge in [-0.1, -0.05) is 17.7 Å². The maximum Gasteiger partial charge on any atom is 0.268 e. The summed E-state index contributed by atoms with van der Waals surface area (Å²) in [6.07, 6.45) is 2.72. The first kappa shape index (κ1) is 11.2. The van der Waals surface area contributed by atoms with Gasteiger partial charge in [0.05, 0.1) is 10.6 Å². The summed E-state index contributed by atoms with van der Waals surface area (Å²) in [5.74, 6) is 0. The van der Waals surface area contributed by atoms with Gasteiger partial charge in [-0.15, -0.1) is 0 Å². The molecule has 0 saturated carbocycles. The van der Waals surface area contributed by atoms with E-state index in [0.717, 1.165) is 3.97 Å². The van der Waals surface area contributed by atoms with Crippen LogP contribution in [0.25, 0.3) is 0 Å². The third-order valence-electron chi connectivity index (χ3n) is 2.06. The van der Waals surface area contributed by atoms with E-state index in [2.05, 4.69) is 4.98 Å². The first-order chi connectivity index (χ1) is 7.50. The van der Waals surface area contributed by atoms with Gasteiger partial charge >= 0.3 is 0 Å². The molecule has 1 heterocycles. The third kappa shape index (κ3) is 1.96. The lowest BCUT2D eigenvalue weighted by Crippen LogP contribution is -2.10. The predicted molar refractivity (Wildman–Crippen MR) is 61.0 cm³/mol. The second kappa shape index (κ2) is 3.92. The summed E-state index contributed by atoms with van der Waals surface area (Å²) in [6, 6.07) is 6.13. The number of hydrogen-bond acceptors (Lipinski definition) is 3. The average Bonchev–Trinajstić information content (AvgIpc) is 2.65. The molecule has 1 aromatic heterocycles. The topological polar surface area (TPSA) is 52.0 Å². The number of nitrogens with zero attached hydrogens (tertiary/aromatic N) is 2. The molecule has 0 saturated heterocycles. The minimum atomic E-state index is -3.57. The highest BCUT2D eigenvalue weighted by Crippen LogP contribution is 2.18. The predicted octanol–water partition coefficient (Wildman–Crippen LogP) is 2.08. The van der Waals surface area contributed by atoms with E-state index < -0.39 is 10.0 Å². The van der Waals surface area contributed by atoms with Gasteiger partial charge in [0, 0.05) is 11.2 Å². The number of imidazole rings is 1. The van der Waals surface area contributed by atoms with Crippen molar-refractivity contribution in [3.63, 3.8) is 0 Å². The van der Waals surface area contributed by atoms with Crippen molar-refractivity contribution in [2.24, 2.45) is 0 Å². The number of aryl methyl sites for hydroxylation is 1. The molecule has 0 fully saturated rings. The Morgan fingerprint density at radius 3 is 2.69 bits per heavy atom.